The maximum atomic E-state index is 13.5. The van der Waals surface area contributed by atoms with Gasteiger partial charge in [-0.2, -0.15) is 0 Å². The maximum absolute atomic E-state index is 13.5. The Labute approximate surface area is 189 Å². The van der Waals surface area contributed by atoms with Crippen molar-refractivity contribution in [3.05, 3.63) is 64.8 Å². The Balaban J connectivity index is 1.36. The third-order valence-corrected chi connectivity index (χ3v) is 7.46. The lowest BCUT2D eigenvalue weighted by molar-refractivity contribution is -0.121. The van der Waals surface area contributed by atoms with E-state index in [1.54, 1.807) is 0 Å². The van der Waals surface area contributed by atoms with Crippen LogP contribution in [0.2, 0.25) is 5.02 Å². The second-order valence-electron chi connectivity index (χ2n) is 9.12. The first-order valence-corrected chi connectivity index (χ1v) is 11.9. The molecule has 1 saturated heterocycles. The summed E-state index contributed by atoms with van der Waals surface area (Å²) in [5, 5.41) is 5.17. The Hall–Kier alpha value is -2.30. The third-order valence-electron chi connectivity index (χ3n) is 7.21. The van der Waals surface area contributed by atoms with Gasteiger partial charge in [0.05, 0.1) is 5.41 Å². The monoisotopic (exact) mass is 435 g/mol. The van der Waals surface area contributed by atoms with Gasteiger partial charge in [-0.05, 0) is 86.7 Å². The van der Waals surface area contributed by atoms with Crippen LogP contribution in [0, 0.1) is 0 Å². The maximum Gasteiger partial charge on any atom is 0.235 e. The van der Waals surface area contributed by atoms with E-state index in [2.05, 4.69) is 33.5 Å². The highest BCUT2D eigenvalue weighted by molar-refractivity contribution is 6.30. The van der Waals surface area contributed by atoms with Crippen molar-refractivity contribution in [2.75, 3.05) is 25.0 Å². The number of aromatic nitrogens is 1. The van der Waals surface area contributed by atoms with Crippen LogP contribution in [0.4, 0.5) is 5.69 Å². The van der Waals surface area contributed by atoms with E-state index in [-0.39, 0.29) is 5.91 Å². The van der Waals surface area contributed by atoms with Gasteiger partial charge in [0.15, 0.2) is 0 Å². The number of rotatable bonds is 6. The fraction of sp³-hybridized carbons (Fsp3) is 0.423. The molecule has 162 valence electrons. The summed E-state index contributed by atoms with van der Waals surface area (Å²) in [5.74, 6) is 0.0980. The van der Waals surface area contributed by atoms with Crippen LogP contribution in [0.3, 0.4) is 0 Å². The summed E-state index contributed by atoms with van der Waals surface area (Å²) >= 11 is 6.09. The number of hydrogen-bond acceptors (Lipinski definition) is 2. The Kier molecular flexibility index (Phi) is 5.77. The molecule has 2 N–H and O–H groups in total. The van der Waals surface area contributed by atoms with Gasteiger partial charge in [0.1, 0.15) is 0 Å². The molecule has 1 amide bonds. The number of amides is 1. The van der Waals surface area contributed by atoms with E-state index in [1.807, 2.05) is 30.3 Å². The highest BCUT2D eigenvalue weighted by Crippen LogP contribution is 2.42. The number of benzene rings is 2. The standard InChI is InChI=1S/C26H30ClN3O/c27-21-7-5-20(6-8-21)26(12-1-2-13-26)25(31)29-22-9-10-24-23(17-22)19(18-28-24)11-16-30-14-3-4-15-30/h5-10,17-18,28H,1-4,11-16H2,(H,29,31). The van der Waals surface area contributed by atoms with Crippen molar-refractivity contribution in [2.24, 2.45) is 0 Å². The molecule has 2 aliphatic rings. The predicted octanol–water partition coefficient (Wildman–Crippen LogP) is 5.91. The Morgan fingerprint density at radius 2 is 1.77 bits per heavy atom. The zero-order chi connectivity index (χ0) is 21.3. The van der Waals surface area contributed by atoms with E-state index < -0.39 is 5.41 Å². The normalized spacial score (nSPS) is 18.6. The zero-order valence-corrected chi connectivity index (χ0v) is 18.7. The third kappa shape index (κ3) is 4.11. The van der Waals surface area contributed by atoms with Crippen molar-refractivity contribution in [1.82, 2.24) is 9.88 Å². The molecule has 3 aromatic rings. The lowest BCUT2D eigenvalue weighted by Gasteiger charge is -2.28. The number of H-pyrrole nitrogens is 1. The average Bonchev–Trinajstić information content (AvgIpc) is 3.54. The SMILES string of the molecule is O=C(Nc1ccc2[nH]cc(CCN3CCCC3)c2c1)C1(c2ccc(Cl)cc2)CCCC1. The van der Waals surface area contributed by atoms with Gasteiger partial charge >= 0.3 is 0 Å². The molecule has 0 atom stereocenters. The fourth-order valence-corrected chi connectivity index (χ4v) is 5.52. The number of halogens is 1. The van der Waals surface area contributed by atoms with Gasteiger partial charge < -0.3 is 15.2 Å². The fourth-order valence-electron chi connectivity index (χ4n) is 5.39. The molecule has 31 heavy (non-hydrogen) atoms. The quantitative estimate of drug-likeness (QED) is 0.505. The molecule has 4 nitrogen and oxygen atoms in total. The summed E-state index contributed by atoms with van der Waals surface area (Å²) in [6.07, 6.45) is 9.71. The van der Waals surface area contributed by atoms with Gasteiger partial charge in [-0.15, -0.1) is 0 Å². The number of carbonyl (C=O) groups excluding carboxylic acids is 1. The van der Waals surface area contributed by atoms with Crippen molar-refractivity contribution in [3.63, 3.8) is 0 Å². The number of anilines is 1. The van der Waals surface area contributed by atoms with Gasteiger partial charge in [0.25, 0.3) is 0 Å². The Bertz CT molecular complexity index is 1060. The van der Waals surface area contributed by atoms with Crippen LogP contribution < -0.4 is 5.32 Å². The van der Waals surface area contributed by atoms with Gasteiger partial charge in [0.2, 0.25) is 5.91 Å². The van der Waals surface area contributed by atoms with Crippen molar-refractivity contribution in [1.29, 1.82) is 0 Å². The molecule has 1 aliphatic heterocycles. The predicted molar refractivity (Wildman–Crippen MR) is 128 cm³/mol. The summed E-state index contributed by atoms with van der Waals surface area (Å²) in [4.78, 5) is 19.5. The molecular formula is C26H30ClN3O. The molecule has 1 aromatic heterocycles. The minimum Gasteiger partial charge on any atom is -0.361 e. The molecule has 2 heterocycles. The summed E-state index contributed by atoms with van der Waals surface area (Å²) in [5.41, 5.74) is 3.94. The molecule has 2 aromatic carbocycles. The summed E-state index contributed by atoms with van der Waals surface area (Å²) in [7, 11) is 0. The highest BCUT2D eigenvalue weighted by Gasteiger charge is 2.42. The molecule has 2 fully saturated rings. The van der Waals surface area contributed by atoms with Crippen LogP contribution in [0.25, 0.3) is 10.9 Å². The van der Waals surface area contributed by atoms with E-state index in [0.29, 0.717) is 5.02 Å². The van der Waals surface area contributed by atoms with E-state index >= 15 is 0 Å². The molecule has 5 heteroatoms. The van der Waals surface area contributed by atoms with Crippen LogP contribution >= 0.6 is 11.6 Å². The molecule has 1 saturated carbocycles. The van der Waals surface area contributed by atoms with E-state index in [9.17, 15) is 4.79 Å². The molecule has 1 aliphatic carbocycles. The number of hydrogen-bond donors (Lipinski definition) is 2. The van der Waals surface area contributed by atoms with Gasteiger partial charge in [-0.1, -0.05) is 36.6 Å². The minimum atomic E-state index is -0.462. The average molecular weight is 436 g/mol. The zero-order valence-electron chi connectivity index (χ0n) is 17.9. The second-order valence-corrected chi connectivity index (χ2v) is 9.56. The van der Waals surface area contributed by atoms with Gasteiger partial charge in [-0.25, -0.2) is 0 Å². The van der Waals surface area contributed by atoms with Gasteiger partial charge in [-0.3, -0.25) is 4.79 Å². The number of aromatic amines is 1. The second kappa shape index (κ2) is 8.68. The topological polar surface area (TPSA) is 48.1 Å². The lowest BCUT2D eigenvalue weighted by atomic mass is 9.78. The summed E-state index contributed by atoms with van der Waals surface area (Å²) in [6, 6.07) is 14.0. The van der Waals surface area contributed by atoms with Crippen molar-refractivity contribution in [2.45, 2.75) is 50.4 Å². The van der Waals surface area contributed by atoms with Crippen molar-refractivity contribution >= 4 is 34.1 Å². The largest absolute Gasteiger partial charge is 0.361 e. The molecule has 0 spiro atoms. The molecule has 5 rings (SSSR count). The molecule has 0 bridgehead atoms. The van der Waals surface area contributed by atoms with Crippen LogP contribution in [0.5, 0.6) is 0 Å². The lowest BCUT2D eigenvalue weighted by Crippen LogP contribution is -2.37. The number of nitrogens with one attached hydrogen (secondary N) is 2. The number of fused-ring (bicyclic) bond motifs is 1. The summed E-state index contributed by atoms with van der Waals surface area (Å²) in [6.45, 7) is 3.54. The van der Waals surface area contributed by atoms with E-state index in [0.717, 1.165) is 55.4 Å². The van der Waals surface area contributed by atoms with Crippen molar-refractivity contribution in [3.8, 4) is 0 Å². The molecular weight excluding hydrogens is 406 g/mol. The van der Waals surface area contributed by atoms with Crippen LogP contribution in [-0.4, -0.2) is 35.4 Å². The van der Waals surface area contributed by atoms with Crippen LogP contribution in [-0.2, 0) is 16.6 Å². The van der Waals surface area contributed by atoms with E-state index in [4.69, 9.17) is 11.6 Å². The smallest absolute Gasteiger partial charge is 0.235 e. The molecule has 0 radical (unpaired) electrons. The first kappa shape index (κ1) is 20.6. The van der Waals surface area contributed by atoms with Crippen LogP contribution in [0.15, 0.2) is 48.7 Å². The first-order valence-electron chi connectivity index (χ1n) is 11.5. The number of carbonyl (C=O) groups is 1. The van der Waals surface area contributed by atoms with Gasteiger partial charge in [0, 0.05) is 34.4 Å². The Morgan fingerprint density at radius 1 is 1.03 bits per heavy atom. The number of likely N-dealkylation sites (tertiary alicyclic amines) is 1. The molecule has 0 unspecified atom stereocenters. The first-order chi connectivity index (χ1) is 15.1. The number of nitrogens with zero attached hydrogens (tertiary/aromatic N) is 1. The van der Waals surface area contributed by atoms with E-state index in [1.165, 1.54) is 36.9 Å². The van der Waals surface area contributed by atoms with Crippen molar-refractivity contribution < 1.29 is 4.79 Å². The summed E-state index contributed by atoms with van der Waals surface area (Å²) < 4.78 is 0. The van der Waals surface area contributed by atoms with Crippen LogP contribution in [0.1, 0.15) is 49.7 Å². The minimum absolute atomic E-state index is 0.0980. The Morgan fingerprint density at radius 3 is 2.52 bits per heavy atom. The highest BCUT2D eigenvalue weighted by atomic mass is 35.5.